The molecular weight excluding hydrogens is 382 g/mol. The molecule has 2 aromatic rings. The van der Waals surface area contributed by atoms with Crippen molar-refractivity contribution in [2.45, 2.75) is 39.5 Å². The van der Waals surface area contributed by atoms with Crippen molar-refractivity contribution in [1.29, 1.82) is 0 Å². The van der Waals surface area contributed by atoms with E-state index in [9.17, 15) is 10.1 Å². The summed E-state index contributed by atoms with van der Waals surface area (Å²) in [5, 5.41) is 11.3. The predicted octanol–water partition coefficient (Wildman–Crippen LogP) is 3.90. The zero-order chi connectivity index (χ0) is 21.1. The Hall–Kier alpha value is -2.48. The van der Waals surface area contributed by atoms with Crippen LogP contribution in [0.1, 0.15) is 42.0 Å². The van der Waals surface area contributed by atoms with Gasteiger partial charge in [0.15, 0.2) is 6.79 Å². The second-order valence-electron chi connectivity index (χ2n) is 8.41. The number of fused-ring (bicyclic) bond motifs is 1. The Morgan fingerprint density at radius 3 is 2.33 bits per heavy atom. The fourth-order valence-electron chi connectivity index (χ4n) is 4.12. The third-order valence-electron chi connectivity index (χ3n) is 5.89. The zero-order valence-corrected chi connectivity index (χ0v) is 17.7. The lowest BCUT2D eigenvalue weighted by molar-refractivity contribution is -0.385. The van der Waals surface area contributed by atoms with Gasteiger partial charge in [0.05, 0.1) is 11.5 Å². The van der Waals surface area contributed by atoms with E-state index >= 15 is 0 Å². The number of piperazine rings is 1. The van der Waals surface area contributed by atoms with E-state index in [2.05, 4.69) is 47.9 Å². The summed E-state index contributed by atoms with van der Waals surface area (Å²) in [7, 11) is 0. The first-order valence-corrected chi connectivity index (χ1v) is 10.5. The fraction of sp³-hybridized carbons (Fsp3) is 0.478. The van der Waals surface area contributed by atoms with E-state index in [0.717, 1.165) is 49.6 Å². The van der Waals surface area contributed by atoms with Gasteiger partial charge in [0.25, 0.3) is 5.69 Å². The largest absolute Gasteiger partial charge is 0.467 e. The van der Waals surface area contributed by atoms with Gasteiger partial charge < -0.3 is 9.47 Å². The minimum Gasteiger partial charge on any atom is -0.467 e. The van der Waals surface area contributed by atoms with Crippen LogP contribution >= 0.6 is 0 Å². The zero-order valence-electron chi connectivity index (χ0n) is 17.7. The fourth-order valence-corrected chi connectivity index (χ4v) is 4.12. The van der Waals surface area contributed by atoms with Gasteiger partial charge in [-0.25, -0.2) is 0 Å². The molecule has 2 heterocycles. The molecular formula is C23H29N3O4. The molecule has 0 N–H and O–H groups in total. The smallest absolute Gasteiger partial charge is 0.270 e. The van der Waals surface area contributed by atoms with E-state index in [1.165, 1.54) is 11.1 Å². The first kappa shape index (κ1) is 20.8. The molecule has 1 fully saturated rings. The molecule has 0 aromatic heterocycles. The minimum atomic E-state index is -0.346. The Morgan fingerprint density at radius 2 is 1.70 bits per heavy atom. The summed E-state index contributed by atoms with van der Waals surface area (Å²) in [6, 6.07) is 12.1. The van der Waals surface area contributed by atoms with Gasteiger partial charge in [-0.15, -0.1) is 0 Å². The maximum atomic E-state index is 11.3. The van der Waals surface area contributed by atoms with Crippen molar-refractivity contribution >= 4 is 5.69 Å². The molecule has 4 rings (SSSR count). The highest BCUT2D eigenvalue weighted by Gasteiger charge is 2.24. The average molecular weight is 412 g/mol. The van der Waals surface area contributed by atoms with Crippen LogP contribution in [0.4, 0.5) is 5.69 Å². The number of non-ortho nitro benzene ring substituents is 1. The van der Waals surface area contributed by atoms with Gasteiger partial charge in [0, 0.05) is 62.5 Å². The minimum absolute atomic E-state index is 0.0985. The molecule has 2 aliphatic rings. The quantitative estimate of drug-likeness (QED) is 0.530. The first-order chi connectivity index (χ1) is 14.5. The van der Waals surface area contributed by atoms with Crippen LogP contribution in [0.15, 0.2) is 36.4 Å². The summed E-state index contributed by atoms with van der Waals surface area (Å²) in [4.78, 5) is 15.8. The van der Waals surface area contributed by atoms with Crippen molar-refractivity contribution < 1.29 is 14.4 Å². The van der Waals surface area contributed by atoms with Crippen molar-refractivity contribution in [2.75, 3.05) is 33.0 Å². The van der Waals surface area contributed by atoms with Crippen molar-refractivity contribution in [3.05, 3.63) is 68.8 Å². The normalized spacial score (nSPS) is 17.6. The summed E-state index contributed by atoms with van der Waals surface area (Å²) in [5.74, 6) is 1.30. The van der Waals surface area contributed by atoms with Crippen molar-refractivity contribution in [3.63, 3.8) is 0 Å². The molecule has 0 spiro atoms. The molecule has 160 valence electrons. The number of hydrogen-bond acceptors (Lipinski definition) is 6. The van der Waals surface area contributed by atoms with E-state index in [-0.39, 0.29) is 17.4 Å². The van der Waals surface area contributed by atoms with Crippen molar-refractivity contribution in [3.8, 4) is 5.75 Å². The Labute approximate surface area is 177 Å². The number of nitro groups is 1. The lowest BCUT2D eigenvalue weighted by atomic mass is 10.0. The van der Waals surface area contributed by atoms with Gasteiger partial charge in [-0.2, -0.15) is 0 Å². The Bertz CT molecular complexity index is 890. The molecule has 0 radical (unpaired) electrons. The lowest BCUT2D eigenvalue weighted by Gasteiger charge is -2.35. The third-order valence-corrected chi connectivity index (χ3v) is 5.89. The van der Waals surface area contributed by atoms with Crippen LogP contribution in [0.5, 0.6) is 5.75 Å². The Kier molecular flexibility index (Phi) is 6.32. The maximum absolute atomic E-state index is 11.3. The van der Waals surface area contributed by atoms with Crippen LogP contribution < -0.4 is 4.74 Å². The number of ether oxygens (including phenoxy) is 2. The lowest BCUT2D eigenvalue weighted by Crippen LogP contribution is -2.45. The van der Waals surface area contributed by atoms with E-state index in [1.54, 1.807) is 12.1 Å². The molecule has 0 amide bonds. The SMILES string of the molecule is CC(C)c1ccc(CN2CCN(Cc3cc([N+](=O)[O-])cc4c3OCOC4)CC2)cc1. The summed E-state index contributed by atoms with van der Waals surface area (Å²) < 4.78 is 11.0. The number of hydrogen-bond donors (Lipinski definition) is 0. The molecule has 0 atom stereocenters. The molecule has 2 aliphatic heterocycles. The molecule has 7 heteroatoms. The monoisotopic (exact) mass is 411 g/mol. The number of benzene rings is 2. The second-order valence-corrected chi connectivity index (χ2v) is 8.41. The van der Waals surface area contributed by atoms with Gasteiger partial charge in [0.2, 0.25) is 0 Å². The number of nitro benzene ring substituents is 1. The van der Waals surface area contributed by atoms with Crippen LogP contribution in [-0.2, 0) is 24.4 Å². The van der Waals surface area contributed by atoms with E-state index < -0.39 is 0 Å². The Balaban J connectivity index is 1.37. The summed E-state index contributed by atoms with van der Waals surface area (Å²) in [5.41, 5.74) is 4.45. The molecule has 0 saturated carbocycles. The highest BCUT2D eigenvalue weighted by Crippen LogP contribution is 2.33. The van der Waals surface area contributed by atoms with Gasteiger partial charge in [-0.1, -0.05) is 38.1 Å². The van der Waals surface area contributed by atoms with Crippen LogP contribution in [0.2, 0.25) is 0 Å². The van der Waals surface area contributed by atoms with Crippen LogP contribution in [0, 0.1) is 10.1 Å². The van der Waals surface area contributed by atoms with Crippen LogP contribution in [0.25, 0.3) is 0 Å². The highest BCUT2D eigenvalue weighted by molar-refractivity contribution is 5.50. The maximum Gasteiger partial charge on any atom is 0.270 e. The van der Waals surface area contributed by atoms with Crippen molar-refractivity contribution in [1.82, 2.24) is 9.80 Å². The van der Waals surface area contributed by atoms with Gasteiger partial charge >= 0.3 is 0 Å². The summed E-state index contributed by atoms with van der Waals surface area (Å²) >= 11 is 0. The topological polar surface area (TPSA) is 68.1 Å². The molecule has 1 saturated heterocycles. The molecule has 30 heavy (non-hydrogen) atoms. The van der Waals surface area contributed by atoms with E-state index in [4.69, 9.17) is 9.47 Å². The van der Waals surface area contributed by atoms with Gasteiger partial charge in [0.1, 0.15) is 5.75 Å². The molecule has 2 aromatic carbocycles. The van der Waals surface area contributed by atoms with Crippen LogP contribution in [-0.4, -0.2) is 47.7 Å². The van der Waals surface area contributed by atoms with Gasteiger partial charge in [-0.3, -0.25) is 19.9 Å². The highest BCUT2D eigenvalue weighted by atomic mass is 16.7. The average Bonchev–Trinajstić information content (AvgIpc) is 2.75. The number of nitrogens with zero attached hydrogens (tertiary/aromatic N) is 3. The van der Waals surface area contributed by atoms with Gasteiger partial charge in [-0.05, 0) is 17.0 Å². The van der Waals surface area contributed by atoms with E-state index in [1.807, 2.05) is 0 Å². The van der Waals surface area contributed by atoms with E-state index in [0.29, 0.717) is 19.1 Å². The number of rotatable bonds is 6. The molecule has 7 nitrogen and oxygen atoms in total. The summed E-state index contributed by atoms with van der Waals surface area (Å²) in [6.45, 7) is 10.4. The Morgan fingerprint density at radius 1 is 1.03 bits per heavy atom. The molecule has 0 bridgehead atoms. The predicted molar refractivity (Wildman–Crippen MR) is 114 cm³/mol. The van der Waals surface area contributed by atoms with Crippen LogP contribution in [0.3, 0.4) is 0 Å². The summed E-state index contributed by atoms with van der Waals surface area (Å²) in [6.07, 6.45) is 0. The standard InChI is InChI=1S/C23H29N3O4/c1-17(2)19-5-3-18(4-6-19)13-24-7-9-25(10-8-24)14-20-11-22(26(27)28)12-21-15-29-16-30-23(20)21/h3-6,11-12,17H,7-10,13-16H2,1-2H3. The van der Waals surface area contributed by atoms with Crippen molar-refractivity contribution in [2.24, 2.45) is 0 Å². The first-order valence-electron chi connectivity index (χ1n) is 10.5. The molecule has 0 aliphatic carbocycles. The molecule has 0 unspecified atom stereocenters. The third kappa shape index (κ3) is 4.80. The second kappa shape index (κ2) is 9.12.